The van der Waals surface area contributed by atoms with Gasteiger partial charge >= 0.3 is 0 Å². The summed E-state index contributed by atoms with van der Waals surface area (Å²) in [6, 6.07) is 0. The molecule has 0 aromatic heterocycles. The molecule has 96 valence electrons. The SMILES string of the molecule is CC1=CSC(SSSC2SC=C(C)N2C)N1C. The second-order valence-corrected chi connectivity index (χ2v) is 10.6. The van der Waals surface area contributed by atoms with Crippen LogP contribution in [0, 0.1) is 0 Å². The van der Waals surface area contributed by atoms with E-state index in [0.717, 1.165) is 0 Å². The van der Waals surface area contributed by atoms with E-state index in [0.29, 0.717) is 9.41 Å². The highest BCUT2D eigenvalue weighted by Gasteiger charge is 2.25. The number of nitrogens with zero attached hydrogens (tertiary/aromatic N) is 2. The number of rotatable bonds is 4. The van der Waals surface area contributed by atoms with Crippen LogP contribution in [0.1, 0.15) is 13.8 Å². The first-order chi connectivity index (χ1) is 8.09. The summed E-state index contributed by atoms with van der Waals surface area (Å²) in [6.07, 6.45) is 0. The zero-order valence-corrected chi connectivity index (χ0v) is 14.3. The maximum absolute atomic E-state index is 2.33. The van der Waals surface area contributed by atoms with Crippen molar-refractivity contribution in [3.63, 3.8) is 0 Å². The fourth-order valence-electron chi connectivity index (χ4n) is 1.26. The molecular weight excluding hydrogens is 308 g/mol. The minimum absolute atomic E-state index is 0.526. The van der Waals surface area contributed by atoms with Gasteiger partial charge in [0.1, 0.15) is 9.41 Å². The second-order valence-electron chi connectivity index (χ2n) is 3.89. The summed E-state index contributed by atoms with van der Waals surface area (Å²) >= 11 is 3.80. The van der Waals surface area contributed by atoms with E-state index in [1.54, 1.807) is 0 Å². The molecule has 2 aliphatic heterocycles. The number of allylic oxidation sites excluding steroid dienone is 2. The van der Waals surface area contributed by atoms with Gasteiger partial charge in [-0.2, -0.15) is 0 Å². The Kier molecular flexibility index (Phi) is 5.30. The zero-order chi connectivity index (χ0) is 12.4. The van der Waals surface area contributed by atoms with Crippen LogP contribution in [0.25, 0.3) is 0 Å². The largest absolute Gasteiger partial charge is 0.356 e. The van der Waals surface area contributed by atoms with Crippen molar-refractivity contribution in [3.05, 3.63) is 22.2 Å². The van der Waals surface area contributed by atoms with Gasteiger partial charge in [0.2, 0.25) is 0 Å². The van der Waals surface area contributed by atoms with Gasteiger partial charge in [-0.25, -0.2) is 0 Å². The molecule has 2 heterocycles. The molecule has 2 atom stereocenters. The summed E-state index contributed by atoms with van der Waals surface area (Å²) in [6.45, 7) is 4.33. The predicted octanol–water partition coefficient (Wildman–Crippen LogP) is 4.66. The topological polar surface area (TPSA) is 6.48 Å². The molecule has 0 spiro atoms. The molecule has 0 N–H and O–H groups in total. The molecule has 0 bridgehead atoms. The highest BCUT2D eigenvalue weighted by atomic mass is 33.5. The third-order valence-electron chi connectivity index (χ3n) is 2.70. The Morgan fingerprint density at radius 1 is 0.941 bits per heavy atom. The van der Waals surface area contributed by atoms with Crippen LogP contribution in [-0.2, 0) is 0 Å². The van der Waals surface area contributed by atoms with Gasteiger partial charge in [0.25, 0.3) is 0 Å². The van der Waals surface area contributed by atoms with Gasteiger partial charge in [0.05, 0.1) is 0 Å². The highest BCUT2D eigenvalue weighted by molar-refractivity contribution is 9.10. The van der Waals surface area contributed by atoms with Crippen molar-refractivity contribution < 1.29 is 0 Å². The van der Waals surface area contributed by atoms with Crippen molar-refractivity contribution >= 4 is 54.9 Å². The van der Waals surface area contributed by atoms with E-state index in [-0.39, 0.29) is 0 Å². The van der Waals surface area contributed by atoms with Crippen LogP contribution in [-0.4, -0.2) is 33.3 Å². The molecule has 0 radical (unpaired) electrons. The van der Waals surface area contributed by atoms with E-state index >= 15 is 0 Å². The Labute approximate surface area is 124 Å². The quantitative estimate of drug-likeness (QED) is 0.685. The Hall–Kier alpha value is 0.830. The Balaban J connectivity index is 1.68. The molecule has 0 fully saturated rings. The molecule has 2 aliphatic rings. The van der Waals surface area contributed by atoms with Crippen LogP contribution in [0.3, 0.4) is 0 Å². The van der Waals surface area contributed by atoms with Crippen LogP contribution in [0.2, 0.25) is 0 Å². The molecule has 0 aromatic rings. The summed E-state index contributed by atoms with van der Waals surface area (Å²) in [5.41, 5.74) is 2.73. The van der Waals surface area contributed by atoms with Crippen LogP contribution in [0.5, 0.6) is 0 Å². The van der Waals surface area contributed by atoms with Gasteiger partial charge in [-0.05, 0) is 56.1 Å². The average molecular weight is 325 g/mol. The van der Waals surface area contributed by atoms with Crippen molar-refractivity contribution in [1.29, 1.82) is 0 Å². The van der Waals surface area contributed by atoms with Gasteiger partial charge in [-0.15, -0.1) is 0 Å². The normalized spacial score (nSPS) is 28.7. The molecule has 7 heteroatoms. The Bertz CT molecular complexity index is 312. The monoisotopic (exact) mass is 324 g/mol. The van der Waals surface area contributed by atoms with Crippen molar-refractivity contribution in [1.82, 2.24) is 9.80 Å². The molecule has 0 amide bonds. The zero-order valence-electron chi connectivity index (χ0n) is 10.2. The van der Waals surface area contributed by atoms with Gasteiger partial charge in [0, 0.05) is 25.5 Å². The molecule has 2 rings (SSSR count). The first-order valence-electron chi connectivity index (χ1n) is 5.18. The smallest absolute Gasteiger partial charge is 0.136 e. The molecular formula is C10H16N2S5. The lowest BCUT2D eigenvalue weighted by molar-refractivity contribution is 0.481. The number of hydrogen-bond donors (Lipinski definition) is 0. The Morgan fingerprint density at radius 2 is 1.35 bits per heavy atom. The lowest BCUT2D eigenvalue weighted by Crippen LogP contribution is -2.20. The van der Waals surface area contributed by atoms with Crippen molar-refractivity contribution in [2.45, 2.75) is 23.3 Å². The third-order valence-corrected chi connectivity index (χ3v) is 10.8. The summed E-state index contributed by atoms with van der Waals surface area (Å²) in [5.74, 6) is 0. The fourth-order valence-corrected chi connectivity index (χ4v) is 9.86. The van der Waals surface area contributed by atoms with E-state index in [9.17, 15) is 0 Å². The second kappa shape index (κ2) is 6.32. The van der Waals surface area contributed by atoms with Crippen molar-refractivity contribution in [2.24, 2.45) is 0 Å². The van der Waals surface area contributed by atoms with Crippen LogP contribution in [0.15, 0.2) is 22.2 Å². The average Bonchev–Trinajstić information content (AvgIpc) is 2.79. The van der Waals surface area contributed by atoms with Gasteiger partial charge < -0.3 is 9.80 Å². The highest BCUT2D eigenvalue weighted by Crippen LogP contribution is 2.51. The third kappa shape index (κ3) is 3.43. The predicted molar refractivity (Wildman–Crippen MR) is 88.6 cm³/mol. The van der Waals surface area contributed by atoms with E-state index in [1.807, 2.05) is 54.9 Å². The molecule has 0 aromatic carbocycles. The molecule has 2 nitrogen and oxygen atoms in total. The minimum Gasteiger partial charge on any atom is -0.356 e. The van der Waals surface area contributed by atoms with Crippen LogP contribution < -0.4 is 0 Å². The van der Waals surface area contributed by atoms with Gasteiger partial charge in [-0.1, -0.05) is 23.5 Å². The molecule has 0 saturated heterocycles. The van der Waals surface area contributed by atoms with Gasteiger partial charge in [0.15, 0.2) is 0 Å². The molecule has 0 aliphatic carbocycles. The number of thioether (sulfide) groups is 2. The maximum atomic E-state index is 2.33. The van der Waals surface area contributed by atoms with Crippen LogP contribution >= 0.6 is 54.9 Å². The standard InChI is InChI=1S/C10H16N2S5/c1-7-5-13-9(11(7)3)15-17-16-10-12(4)8(2)6-14-10/h5-6,9-10H,1-4H3. The summed E-state index contributed by atoms with van der Waals surface area (Å²) < 4.78 is 1.05. The minimum atomic E-state index is 0.526. The lowest BCUT2D eigenvalue weighted by Gasteiger charge is -2.24. The molecule has 0 saturated carbocycles. The van der Waals surface area contributed by atoms with E-state index in [4.69, 9.17) is 0 Å². The van der Waals surface area contributed by atoms with E-state index < -0.39 is 0 Å². The van der Waals surface area contributed by atoms with E-state index in [2.05, 4.69) is 48.6 Å². The van der Waals surface area contributed by atoms with Gasteiger partial charge in [-0.3, -0.25) is 0 Å². The van der Waals surface area contributed by atoms with Crippen molar-refractivity contribution in [2.75, 3.05) is 14.1 Å². The summed E-state index contributed by atoms with van der Waals surface area (Å²) in [5, 5.41) is 4.48. The first kappa shape index (κ1) is 14.2. The Morgan fingerprint density at radius 3 is 1.65 bits per heavy atom. The van der Waals surface area contributed by atoms with Crippen molar-refractivity contribution in [3.8, 4) is 0 Å². The lowest BCUT2D eigenvalue weighted by atomic mass is 10.5. The van der Waals surface area contributed by atoms with E-state index in [1.165, 1.54) is 11.4 Å². The van der Waals surface area contributed by atoms with Crippen LogP contribution in [0.4, 0.5) is 0 Å². The molecule has 2 unspecified atom stereocenters. The summed E-state index contributed by atoms with van der Waals surface area (Å²) in [7, 11) is 10.1. The number of hydrogen-bond acceptors (Lipinski definition) is 7. The molecule has 17 heavy (non-hydrogen) atoms. The first-order valence-corrected chi connectivity index (χ1v) is 10.7. The fraction of sp³-hybridized carbons (Fsp3) is 0.600. The maximum Gasteiger partial charge on any atom is 0.136 e. The summed E-state index contributed by atoms with van der Waals surface area (Å²) in [4.78, 5) is 4.66.